The third-order valence-corrected chi connectivity index (χ3v) is 3.25. The summed E-state index contributed by atoms with van der Waals surface area (Å²) < 4.78 is 2.78. The van der Waals surface area contributed by atoms with Gasteiger partial charge < -0.3 is 5.11 Å². The van der Waals surface area contributed by atoms with E-state index in [2.05, 4.69) is 21.0 Å². The Morgan fingerprint density at radius 2 is 2.14 bits per heavy atom. The maximum atomic E-state index is 10.3. The Balaban J connectivity index is 2.01. The van der Waals surface area contributed by atoms with Gasteiger partial charge in [-0.1, -0.05) is 19.3 Å². The van der Waals surface area contributed by atoms with E-state index in [-0.39, 0.29) is 0 Å². The second kappa shape index (κ2) is 4.03. The van der Waals surface area contributed by atoms with Gasteiger partial charge in [-0.3, -0.25) is 4.68 Å². The molecule has 1 aromatic heterocycles. The van der Waals surface area contributed by atoms with Crippen LogP contribution in [0.3, 0.4) is 0 Å². The molecule has 4 heteroatoms. The summed E-state index contributed by atoms with van der Waals surface area (Å²) in [4.78, 5) is 0. The highest BCUT2D eigenvalue weighted by atomic mass is 79.9. The zero-order valence-electron chi connectivity index (χ0n) is 8.12. The summed E-state index contributed by atoms with van der Waals surface area (Å²) in [6.07, 6.45) is 9.01. The van der Waals surface area contributed by atoms with Crippen molar-refractivity contribution in [2.24, 2.45) is 0 Å². The molecule has 1 saturated carbocycles. The molecule has 0 bridgehead atoms. The van der Waals surface area contributed by atoms with E-state index in [0.717, 1.165) is 30.2 Å². The molecular formula is C10H15BrN2O. The molecule has 0 aromatic carbocycles. The van der Waals surface area contributed by atoms with Gasteiger partial charge in [-0.15, -0.1) is 0 Å². The van der Waals surface area contributed by atoms with Gasteiger partial charge in [0.05, 0.1) is 22.8 Å². The third-order valence-electron chi connectivity index (χ3n) is 2.84. The minimum absolute atomic E-state index is 0.524. The number of aromatic nitrogens is 2. The molecule has 3 nitrogen and oxygen atoms in total. The molecule has 78 valence electrons. The fourth-order valence-corrected chi connectivity index (χ4v) is 2.42. The van der Waals surface area contributed by atoms with E-state index in [1.807, 2.05) is 10.9 Å². The van der Waals surface area contributed by atoms with Gasteiger partial charge in [-0.25, -0.2) is 0 Å². The largest absolute Gasteiger partial charge is 0.388 e. The Hall–Kier alpha value is -0.350. The zero-order chi connectivity index (χ0) is 10.0. The summed E-state index contributed by atoms with van der Waals surface area (Å²) in [5.74, 6) is 0. The average Bonchev–Trinajstić information content (AvgIpc) is 2.51. The van der Waals surface area contributed by atoms with Crippen LogP contribution < -0.4 is 0 Å². The van der Waals surface area contributed by atoms with Crippen molar-refractivity contribution in [1.82, 2.24) is 9.78 Å². The first-order valence-electron chi connectivity index (χ1n) is 5.08. The summed E-state index contributed by atoms with van der Waals surface area (Å²) in [6.45, 7) is 0.624. The second-order valence-corrected chi connectivity index (χ2v) is 5.06. The Kier molecular flexibility index (Phi) is 2.93. The predicted octanol–water partition coefficient (Wildman–Crippen LogP) is 2.34. The number of hydrogen-bond donors (Lipinski definition) is 1. The van der Waals surface area contributed by atoms with E-state index in [4.69, 9.17) is 0 Å². The van der Waals surface area contributed by atoms with Crippen molar-refractivity contribution in [1.29, 1.82) is 0 Å². The van der Waals surface area contributed by atoms with Crippen molar-refractivity contribution in [2.75, 3.05) is 0 Å². The fourth-order valence-electron chi connectivity index (χ4n) is 2.09. The number of nitrogens with zero attached hydrogens (tertiary/aromatic N) is 2. The Labute approximate surface area is 92.2 Å². The molecule has 0 amide bonds. The molecule has 0 aliphatic heterocycles. The normalized spacial score (nSPS) is 21.0. The van der Waals surface area contributed by atoms with E-state index in [0.29, 0.717) is 6.54 Å². The first-order valence-corrected chi connectivity index (χ1v) is 5.88. The van der Waals surface area contributed by atoms with Crippen LogP contribution >= 0.6 is 15.9 Å². The molecule has 1 aliphatic carbocycles. The van der Waals surface area contributed by atoms with Crippen LogP contribution in [0.2, 0.25) is 0 Å². The fraction of sp³-hybridized carbons (Fsp3) is 0.700. The van der Waals surface area contributed by atoms with E-state index in [9.17, 15) is 5.11 Å². The van der Waals surface area contributed by atoms with Crippen LogP contribution in [0.1, 0.15) is 32.1 Å². The van der Waals surface area contributed by atoms with Gasteiger partial charge >= 0.3 is 0 Å². The molecule has 1 N–H and O–H groups in total. The molecule has 2 rings (SSSR count). The SMILES string of the molecule is OC1(Cn2cc(Br)cn2)CCCCC1. The van der Waals surface area contributed by atoms with Gasteiger partial charge in [0.2, 0.25) is 0 Å². The number of aliphatic hydroxyl groups is 1. The number of rotatable bonds is 2. The first-order chi connectivity index (χ1) is 6.68. The van der Waals surface area contributed by atoms with Crippen molar-refractivity contribution in [3.05, 3.63) is 16.9 Å². The Morgan fingerprint density at radius 3 is 2.71 bits per heavy atom. The Bertz CT molecular complexity index is 305. The van der Waals surface area contributed by atoms with Crippen molar-refractivity contribution in [3.63, 3.8) is 0 Å². The molecule has 1 fully saturated rings. The number of hydrogen-bond acceptors (Lipinski definition) is 2. The maximum absolute atomic E-state index is 10.3. The summed E-state index contributed by atoms with van der Waals surface area (Å²) in [5.41, 5.74) is -0.524. The standard InChI is InChI=1S/C10H15BrN2O/c11-9-6-12-13(7-9)8-10(14)4-2-1-3-5-10/h6-7,14H,1-5,8H2. The van der Waals surface area contributed by atoms with E-state index in [1.54, 1.807) is 6.20 Å². The smallest absolute Gasteiger partial charge is 0.0842 e. The molecular weight excluding hydrogens is 244 g/mol. The third kappa shape index (κ3) is 2.36. The quantitative estimate of drug-likeness (QED) is 0.885. The van der Waals surface area contributed by atoms with Crippen molar-refractivity contribution in [3.8, 4) is 0 Å². The lowest BCUT2D eigenvalue weighted by Gasteiger charge is -2.31. The van der Waals surface area contributed by atoms with Crippen LogP contribution in [0.25, 0.3) is 0 Å². The highest BCUT2D eigenvalue weighted by Crippen LogP contribution is 2.29. The van der Waals surface area contributed by atoms with E-state index >= 15 is 0 Å². The van der Waals surface area contributed by atoms with Gasteiger partial charge in [-0.05, 0) is 28.8 Å². The molecule has 14 heavy (non-hydrogen) atoms. The van der Waals surface area contributed by atoms with Crippen LogP contribution in [-0.2, 0) is 6.54 Å². The molecule has 0 spiro atoms. The molecule has 1 aliphatic rings. The Morgan fingerprint density at radius 1 is 1.43 bits per heavy atom. The van der Waals surface area contributed by atoms with Crippen LogP contribution in [0.5, 0.6) is 0 Å². The topological polar surface area (TPSA) is 38.0 Å². The van der Waals surface area contributed by atoms with Crippen molar-refractivity contribution < 1.29 is 5.11 Å². The zero-order valence-corrected chi connectivity index (χ0v) is 9.70. The van der Waals surface area contributed by atoms with Crippen LogP contribution in [0, 0.1) is 0 Å². The van der Waals surface area contributed by atoms with Gasteiger partial charge in [0.25, 0.3) is 0 Å². The highest BCUT2D eigenvalue weighted by molar-refractivity contribution is 9.10. The van der Waals surface area contributed by atoms with Crippen molar-refractivity contribution in [2.45, 2.75) is 44.2 Å². The maximum Gasteiger partial charge on any atom is 0.0842 e. The molecule has 0 atom stereocenters. The lowest BCUT2D eigenvalue weighted by molar-refractivity contribution is -0.0142. The first kappa shape index (κ1) is 10.2. The lowest BCUT2D eigenvalue weighted by Crippen LogP contribution is -2.36. The molecule has 1 aromatic rings. The average molecular weight is 259 g/mol. The van der Waals surface area contributed by atoms with Gasteiger partial charge in [0.1, 0.15) is 0 Å². The monoisotopic (exact) mass is 258 g/mol. The number of halogens is 1. The summed E-state index contributed by atoms with van der Waals surface area (Å²) in [7, 11) is 0. The highest BCUT2D eigenvalue weighted by Gasteiger charge is 2.29. The molecule has 0 saturated heterocycles. The molecule has 0 radical (unpaired) electrons. The molecule has 1 heterocycles. The predicted molar refractivity (Wildman–Crippen MR) is 58.0 cm³/mol. The van der Waals surface area contributed by atoms with Crippen LogP contribution in [0.4, 0.5) is 0 Å². The second-order valence-electron chi connectivity index (χ2n) is 4.14. The lowest BCUT2D eigenvalue weighted by atomic mass is 9.85. The van der Waals surface area contributed by atoms with Crippen molar-refractivity contribution >= 4 is 15.9 Å². The van der Waals surface area contributed by atoms with E-state index in [1.165, 1.54) is 6.42 Å². The summed E-state index contributed by atoms with van der Waals surface area (Å²) >= 11 is 3.35. The van der Waals surface area contributed by atoms with Crippen LogP contribution in [-0.4, -0.2) is 20.5 Å². The minimum atomic E-state index is -0.524. The molecule has 0 unspecified atom stereocenters. The summed E-state index contributed by atoms with van der Waals surface area (Å²) in [6, 6.07) is 0. The van der Waals surface area contributed by atoms with Crippen LogP contribution in [0.15, 0.2) is 16.9 Å². The van der Waals surface area contributed by atoms with Gasteiger partial charge in [-0.2, -0.15) is 5.10 Å². The van der Waals surface area contributed by atoms with Gasteiger partial charge in [0.15, 0.2) is 0 Å². The van der Waals surface area contributed by atoms with Gasteiger partial charge in [0, 0.05) is 6.20 Å². The van der Waals surface area contributed by atoms with E-state index < -0.39 is 5.60 Å². The summed E-state index contributed by atoms with van der Waals surface area (Å²) in [5, 5.41) is 14.4. The minimum Gasteiger partial charge on any atom is -0.388 e.